The van der Waals surface area contributed by atoms with Crippen LogP contribution < -0.4 is 4.90 Å². The molecule has 7 aromatic carbocycles. The molecule has 0 spiro atoms. The van der Waals surface area contributed by atoms with Gasteiger partial charge in [0, 0.05) is 38.7 Å². The highest BCUT2D eigenvalue weighted by atomic mass is 16.3. The Bertz CT molecular complexity index is 2350. The van der Waals surface area contributed by atoms with E-state index in [0.29, 0.717) is 0 Å². The third-order valence-corrected chi connectivity index (χ3v) is 9.82. The first-order chi connectivity index (χ1) is 23.1. The highest BCUT2D eigenvalue weighted by molar-refractivity contribution is 6.10. The first kappa shape index (κ1) is 27.5. The Labute approximate surface area is 275 Å². The van der Waals surface area contributed by atoms with E-state index >= 15 is 0 Å². The second kappa shape index (κ2) is 10.6. The van der Waals surface area contributed by atoms with Crippen molar-refractivity contribution in [1.29, 1.82) is 0 Å². The van der Waals surface area contributed by atoms with Gasteiger partial charge < -0.3 is 9.32 Å². The Balaban J connectivity index is 1.31. The number of para-hydroxylation sites is 1. The Morgan fingerprint density at radius 2 is 1.06 bits per heavy atom. The number of anilines is 3. The average Bonchev–Trinajstić information content (AvgIpc) is 3.62. The highest BCUT2D eigenvalue weighted by Crippen LogP contribution is 2.57. The maximum atomic E-state index is 6.65. The van der Waals surface area contributed by atoms with Crippen molar-refractivity contribution in [1.82, 2.24) is 0 Å². The van der Waals surface area contributed by atoms with Crippen LogP contribution in [-0.2, 0) is 5.41 Å². The van der Waals surface area contributed by atoms with Crippen LogP contribution in [-0.4, -0.2) is 0 Å². The zero-order valence-electron chi connectivity index (χ0n) is 26.4. The van der Waals surface area contributed by atoms with Crippen molar-refractivity contribution in [3.05, 3.63) is 175 Å². The summed E-state index contributed by atoms with van der Waals surface area (Å²) in [5, 5.41) is 2.33. The van der Waals surface area contributed by atoms with Crippen LogP contribution in [0.2, 0.25) is 0 Å². The van der Waals surface area contributed by atoms with E-state index < -0.39 is 0 Å². The van der Waals surface area contributed by atoms with E-state index in [-0.39, 0.29) is 5.41 Å². The van der Waals surface area contributed by atoms with Crippen LogP contribution in [0.25, 0.3) is 55.3 Å². The normalized spacial score (nSPS) is 13.1. The quantitative estimate of drug-likeness (QED) is 0.195. The van der Waals surface area contributed by atoms with E-state index in [1.54, 1.807) is 0 Å². The summed E-state index contributed by atoms with van der Waals surface area (Å²) in [7, 11) is 0. The Morgan fingerprint density at radius 3 is 1.72 bits per heavy atom. The van der Waals surface area contributed by atoms with Crippen LogP contribution in [0.5, 0.6) is 0 Å². The summed E-state index contributed by atoms with van der Waals surface area (Å²) in [6.45, 7) is 4.68. The fraction of sp³-hybridized carbons (Fsp3) is 0.0667. The van der Waals surface area contributed by atoms with Gasteiger partial charge in [0.05, 0.1) is 5.69 Å². The van der Waals surface area contributed by atoms with Crippen molar-refractivity contribution < 1.29 is 4.42 Å². The fourth-order valence-corrected chi connectivity index (χ4v) is 7.62. The second-order valence-electron chi connectivity index (χ2n) is 13.0. The molecule has 8 aromatic rings. The predicted octanol–water partition coefficient (Wildman–Crippen LogP) is 12.7. The maximum absolute atomic E-state index is 6.65. The SMILES string of the molecule is CC1(C)c2cccc(N(c3cccc(-c4ccccc4)c3)c3cccc(-c4ccccc4)c3)c2-c2ccc3c(oc4ccccc43)c21. The van der Waals surface area contributed by atoms with Gasteiger partial charge in [-0.05, 0) is 75.8 Å². The van der Waals surface area contributed by atoms with Crippen molar-refractivity contribution in [2.24, 2.45) is 0 Å². The largest absolute Gasteiger partial charge is 0.456 e. The molecule has 0 atom stereocenters. The Hall–Kier alpha value is -5.86. The van der Waals surface area contributed by atoms with Gasteiger partial charge in [-0.25, -0.2) is 0 Å². The Morgan fingerprint density at radius 1 is 0.489 bits per heavy atom. The fourth-order valence-electron chi connectivity index (χ4n) is 7.62. The zero-order valence-corrected chi connectivity index (χ0v) is 26.4. The number of hydrogen-bond acceptors (Lipinski definition) is 2. The monoisotopic (exact) mass is 603 g/mol. The summed E-state index contributed by atoms with van der Waals surface area (Å²) < 4.78 is 6.65. The van der Waals surface area contributed by atoms with Crippen LogP contribution in [0.4, 0.5) is 17.1 Å². The second-order valence-corrected chi connectivity index (χ2v) is 13.0. The number of fused-ring (bicyclic) bond motifs is 7. The predicted molar refractivity (Wildman–Crippen MR) is 197 cm³/mol. The number of hydrogen-bond donors (Lipinski definition) is 0. The summed E-state index contributed by atoms with van der Waals surface area (Å²) in [5.74, 6) is 0. The molecule has 1 aliphatic rings. The molecule has 1 aromatic heterocycles. The Kier molecular flexibility index (Phi) is 6.20. The zero-order chi connectivity index (χ0) is 31.5. The maximum Gasteiger partial charge on any atom is 0.140 e. The van der Waals surface area contributed by atoms with Crippen LogP contribution in [0.15, 0.2) is 168 Å². The van der Waals surface area contributed by atoms with Gasteiger partial charge in [0.25, 0.3) is 0 Å². The highest BCUT2D eigenvalue weighted by Gasteiger charge is 2.40. The molecule has 0 unspecified atom stereocenters. The molecule has 0 N–H and O–H groups in total. The molecule has 2 heteroatoms. The van der Waals surface area contributed by atoms with Crippen molar-refractivity contribution >= 4 is 39.0 Å². The van der Waals surface area contributed by atoms with Crippen LogP contribution in [0.3, 0.4) is 0 Å². The minimum atomic E-state index is -0.252. The van der Waals surface area contributed by atoms with Gasteiger partial charge in [-0.15, -0.1) is 0 Å². The number of benzene rings is 7. The first-order valence-corrected chi connectivity index (χ1v) is 16.3. The molecule has 224 valence electrons. The topological polar surface area (TPSA) is 16.4 Å². The van der Waals surface area contributed by atoms with Gasteiger partial charge in [0.2, 0.25) is 0 Å². The van der Waals surface area contributed by atoms with E-state index in [0.717, 1.165) is 33.6 Å². The van der Waals surface area contributed by atoms with Crippen molar-refractivity contribution in [2.45, 2.75) is 19.3 Å². The van der Waals surface area contributed by atoms with Gasteiger partial charge in [-0.2, -0.15) is 0 Å². The molecule has 0 fully saturated rings. The molecule has 0 aliphatic heterocycles. The summed E-state index contributed by atoms with van der Waals surface area (Å²) >= 11 is 0. The molecule has 9 rings (SSSR count). The minimum absolute atomic E-state index is 0.252. The summed E-state index contributed by atoms with van der Waals surface area (Å²) in [4.78, 5) is 2.44. The van der Waals surface area contributed by atoms with Crippen LogP contribution >= 0.6 is 0 Å². The van der Waals surface area contributed by atoms with Crippen molar-refractivity contribution in [3.8, 4) is 33.4 Å². The summed E-state index contributed by atoms with van der Waals surface area (Å²) in [5.41, 5.74) is 14.9. The third kappa shape index (κ3) is 4.33. The molecule has 47 heavy (non-hydrogen) atoms. The lowest BCUT2D eigenvalue weighted by molar-refractivity contribution is 0.620. The van der Waals surface area contributed by atoms with Gasteiger partial charge in [0.15, 0.2) is 0 Å². The van der Waals surface area contributed by atoms with Gasteiger partial charge in [0.1, 0.15) is 11.2 Å². The molecule has 2 nitrogen and oxygen atoms in total. The molecule has 1 heterocycles. The van der Waals surface area contributed by atoms with Crippen molar-refractivity contribution in [2.75, 3.05) is 4.90 Å². The minimum Gasteiger partial charge on any atom is -0.456 e. The molecule has 0 amide bonds. The number of nitrogens with zero attached hydrogens (tertiary/aromatic N) is 1. The molecular weight excluding hydrogens is 571 g/mol. The molecular formula is C45H33NO. The molecule has 0 radical (unpaired) electrons. The number of rotatable bonds is 5. The summed E-state index contributed by atoms with van der Waals surface area (Å²) in [6.07, 6.45) is 0. The van der Waals surface area contributed by atoms with Gasteiger partial charge in [-0.1, -0.05) is 135 Å². The van der Waals surface area contributed by atoms with Gasteiger partial charge in [-0.3, -0.25) is 0 Å². The lowest BCUT2D eigenvalue weighted by Crippen LogP contribution is -2.16. The average molecular weight is 604 g/mol. The van der Waals surface area contributed by atoms with Crippen LogP contribution in [0.1, 0.15) is 25.0 Å². The number of furan rings is 1. The first-order valence-electron chi connectivity index (χ1n) is 16.3. The van der Waals surface area contributed by atoms with E-state index in [2.05, 4.69) is 176 Å². The third-order valence-electron chi connectivity index (χ3n) is 9.82. The molecule has 1 aliphatic carbocycles. The van der Waals surface area contributed by atoms with E-state index in [4.69, 9.17) is 4.42 Å². The smallest absolute Gasteiger partial charge is 0.140 e. The van der Waals surface area contributed by atoms with E-state index in [1.165, 1.54) is 49.9 Å². The molecule has 0 bridgehead atoms. The summed E-state index contributed by atoms with van der Waals surface area (Å²) in [6, 6.07) is 58.8. The molecule has 0 saturated heterocycles. The van der Waals surface area contributed by atoms with Crippen molar-refractivity contribution in [3.63, 3.8) is 0 Å². The lowest BCUT2D eigenvalue weighted by Gasteiger charge is -2.29. The van der Waals surface area contributed by atoms with E-state index in [9.17, 15) is 0 Å². The van der Waals surface area contributed by atoms with E-state index in [1.807, 2.05) is 6.07 Å². The van der Waals surface area contributed by atoms with Gasteiger partial charge >= 0.3 is 0 Å². The molecule has 0 saturated carbocycles. The standard InChI is InChI=1S/C45H33NO/c1-45(2)39-23-13-24-40(42(39)38-27-26-37-36-22-9-10-25-41(36)47-44(37)43(38)45)46(34-20-11-18-32(28-34)30-14-5-3-6-15-30)35-21-12-19-33(29-35)31-16-7-4-8-17-31/h3-29H,1-2H3. The van der Waals surface area contributed by atoms with Crippen LogP contribution in [0, 0.1) is 0 Å². The lowest BCUT2D eigenvalue weighted by atomic mass is 9.81.